The van der Waals surface area contributed by atoms with Crippen LogP contribution in [0, 0.1) is 0 Å². The highest BCUT2D eigenvalue weighted by Crippen LogP contribution is 2.24. The normalized spacial score (nSPS) is 14.5. The maximum absolute atomic E-state index is 11.5. The van der Waals surface area contributed by atoms with E-state index in [9.17, 15) is 4.79 Å². The summed E-state index contributed by atoms with van der Waals surface area (Å²) >= 11 is 5.53. The zero-order valence-corrected chi connectivity index (χ0v) is 9.70. The van der Waals surface area contributed by atoms with Crippen LogP contribution in [0.5, 0.6) is 5.88 Å². The van der Waals surface area contributed by atoms with Crippen LogP contribution in [-0.4, -0.2) is 40.3 Å². The van der Waals surface area contributed by atoms with Gasteiger partial charge in [0, 0.05) is 13.0 Å². The van der Waals surface area contributed by atoms with Crippen LogP contribution in [-0.2, 0) is 17.8 Å². The van der Waals surface area contributed by atoms with Crippen LogP contribution in [0.25, 0.3) is 0 Å². The highest BCUT2D eigenvalue weighted by atomic mass is 35.5. The van der Waals surface area contributed by atoms with Gasteiger partial charge in [-0.2, -0.15) is 0 Å². The van der Waals surface area contributed by atoms with Crippen LogP contribution in [0.1, 0.15) is 11.3 Å². The Morgan fingerprint density at radius 3 is 3.12 bits per heavy atom. The standard InChI is InChI=1S/C10H12ClN3O2/c1-16-10-7-5-14(9(15)4-11)3-2-8(7)12-6-13-10/h6H,2-5H2,1H3. The second kappa shape index (κ2) is 4.65. The number of ether oxygens (including phenoxy) is 1. The fourth-order valence-electron chi connectivity index (χ4n) is 1.79. The van der Waals surface area contributed by atoms with E-state index in [1.165, 1.54) is 6.33 Å². The summed E-state index contributed by atoms with van der Waals surface area (Å²) in [6.45, 7) is 1.13. The summed E-state index contributed by atoms with van der Waals surface area (Å²) in [5.74, 6) is 0.473. The van der Waals surface area contributed by atoms with Gasteiger partial charge in [0.25, 0.3) is 0 Å². The lowest BCUT2D eigenvalue weighted by Gasteiger charge is -2.28. The van der Waals surface area contributed by atoms with Gasteiger partial charge in [0.15, 0.2) is 0 Å². The summed E-state index contributed by atoms with van der Waals surface area (Å²) in [7, 11) is 1.56. The summed E-state index contributed by atoms with van der Waals surface area (Å²) in [6.07, 6.45) is 2.20. The van der Waals surface area contributed by atoms with Gasteiger partial charge >= 0.3 is 0 Å². The van der Waals surface area contributed by atoms with Gasteiger partial charge in [-0.15, -0.1) is 11.6 Å². The molecule has 0 bridgehead atoms. The first-order chi connectivity index (χ1) is 7.76. The molecule has 0 spiro atoms. The van der Waals surface area contributed by atoms with Crippen LogP contribution >= 0.6 is 11.6 Å². The first kappa shape index (κ1) is 11.1. The molecule has 0 radical (unpaired) electrons. The molecule has 1 aliphatic heterocycles. The van der Waals surface area contributed by atoms with Crippen LogP contribution in [0.15, 0.2) is 6.33 Å². The Labute approximate surface area is 98.4 Å². The van der Waals surface area contributed by atoms with E-state index >= 15 is 0 Å². The van der Waals surface area contributed by atoms with Crippen molar-refractivity contribution < 1.29 is 9.53 Å². The highest BCUT2D eigenvalue weighted by molar-refractivity contribution is 6.27. The molecule has 16 heavy (non-hydrogen) atoms. The minimum Gasteiger partial charge on any atom is -0.481 e. The second-order valence-electron chi connectivity index (χ2n) is 3.51. The number of alkyl halides is 1. The number of amides is 1. The molecule has 1 aromatic heterocycles. The maximum atomic E-state index is 11.5. The molecule has 1 aromatic rings. The zero-order valence-electron chi connectivity index (χ0n) is 8.94. The molecule has 1 amide bonds. The van der Waals surface area contributed by atoms with Gasteiger partial charge in [-0.1, -0.05) is 0 Å². The predicted molar refractivity (Wildman–Crippen MR) is 58.4 cm³/mol. The predicted octanol–water partition coefficient (Wildman–Crippen LogP) is 0.609. The Morgan fingerprint density at radius 2 is 2.44 bits per heavy atom. The minimum absolute atomic E-state index is 0.00530. The van der Waals surface area contributed by atoms with Gasteiger partial charge in [0.1, 0.15) is 12.2 Å². The van der Waals surface area contributed by atoms with E-state index in [1.807, 2.05) is 0 Å². The minimum atomic E-state index is -0.0711. The molecule has 86 valence electrons. The van der Waals surface area contributed by atoms with Gasteiger partial charge in [0.05, 0.1) is 24.9 Å². The molecule has 6 heteroatoms. The van der Waals surface area contributed by atoms with E-state index in [2.05, 4.69) is 9.97 Å². The zero-order chi connectivity index (χ0) is 11.5. The Morgan fingerprint density at radius 1 is 1.62 bits per heavy atom. The molecule has 0 atom stereocenters. The molecule has 0 fully saturated rings. The van der Waals surface area contributed by atoms with Crippen molar-refractivity contribution in [3.63, 3.8) is 0 Å². The fraction of sp³-hybridized carbons (Fsp3) is 0.500. The largest absolute Gasteiger partial charge is 0.481 e. The Bertz CT molecular complexity index is 397. The molecule has 0 saturated carbocycles. The smallest absolute Gasteiger partial charge is 0.237 e. The lowest BCUT2D eigenvalue weighted by molar-refractivity contribution is -0.129. The molecule has 0 unspecified atom stereocenters. The van der Waals surface area contributed by atoms with Crippen LogP contribution in [0.2, 0.25) is 0 Å². The summed E-state index contributed by atoms with van der Waals surface area (Å²) in [4.78, 5) is 21.4. The van der Waals surface area contributed by atoms with Crippen molar-refractivity contribution in [2.24, 2.45) is 0 Å². The number of carbonyl (C=O) groups is 1. The third kappa shape index (κ3) is 1.95. The van der Waals surface area contributed by atoms with E-state index in [0.717, 1.165) is 17.7 Å². The molecule has 5 nitrogen and oxygen atoms in total. The molecule has 1 aliphatic rings. The fourth-order valence-corrected chi connectivity index (χ4v) is 1.96. The Balaban J connectivity index is 2.27. The monoisotopic (exact) mass is 241 g/mol. The average molecular weight is 242 g/mol. The molecular weight excluding hydrogens is 230 g/mol. The summed E-state index contributed by atoms with van der Waals surface area (Å²) in [6, 6.07) is 0. The number of aromatic nitrogens is 2. The van der Waals surface area contributed by atoms with Gasteiger partial charge in [-0.05, 0) is 0 Å². The van der Waals surface area contributed by atoms with Crippen molar-refractivity contribution in [3.05, 3.63) is 17.6 Å². The van der Waals surface area contributed by atoms with Crippen molar-refractivity contribution in [1.29, 1.82) is 0 Å². The third-order valence-electron chi connectivity index (χ3n) is 2.62. The SMILES string of the molecule is COc1ncnc2c1CN(C(=O)CCl)CC2. The van der Waals surface area contributed by atoms with Crippen molar-refractivity contribution in [1.82, 2.24) is 14.9 Å². The second-order valence-corrected chi connectivity index (χ2v) is 3.77. The van der Waals surface area contributed by atoms with E-state index in [1.54, 1.807) is 12.0 Å². The van der Waals surface area contributed by atoms with E-state index in [0.29, 0.717) is 19.0 Å². The van der Waals surface area contributed by atoms with Crippen molar-refractivity contribution in [3.8, 4) is 5.88 Å². The lowest BCUT2D eigenvalue weighted by Crippen LogP contribution is -2.37. The lowest BCUT2D eigenvalue weighted by atomic mass is 10.1. The number of hydrogen-bond donors (Lipinski definition) is 0. The molecular formula is C10H12ClN3O2. The van der Waals surface area contributed by atoms with Crippen LogP contribution < -0.4 is 4.74 Å². The summed E-state index contributed by atoms with van der Waals surface area (Å²) in [5.41, 5.74) is 1.83. The number of hydrogen-bond acceptors (Lipinski definition) is 4. The van der Waals surface area contributed by atoms with E-state index < -0.39 is 0 Å². The average Bonchev–Trinajstić information content (AvgIpc) is 2.36. The summed E-state index contributed by atoms with van der Waals surface area (Å²) < 4.78 is 5.15. The number of nitrogens with zero attached hydrogens (tertiary/aromatic N) is 3. The van der Waals surface area contributed by atoms with Gasteiger partial charge < -0.3 is 9.64 Å². The molecule has 0 aliphatic carbocycles. The van der Waals surface area contributed by atoms with Gasteiger partial charge in [0.2, 0.25) is 11.8 Å². The van der Waals surface area contributed by atoms with Crippen molar-refractivity contribution in [2.45, 2.75) is 13.0 Å². The molecule has 0 N–H and O–H groups in total. The molecule has 0 aromatic carbocycles. The molecule has 2 heterocycles. The Hall–Kier alpha value is -1.36. The molecule has 0 saturated heterocycles. The first-order valence-electron chi connectivity index (χ1n) is 4.96. The van der Waals surface area contributed by atoms with Gasteiger partial charge in [-0.3, -0.25) is 4.79 Å². The van der Waals surface area contributed by atoms with E-state index in [-0.39, 0.29) is 11.8 Å². The number of fused-ring (bicyclic) bond motifs is 1. The van der Waals surface area contributed by atoms with Crippen LogP contribution in [0.3, 0.4) is 0 Å². The third-order valence-corrected chi connectivity index (χ3v) is 2.85. The van der Waals surface area contributed by atoms with Gasteiger partial charge in [-0.25, -0.2) is 9.97 Å². The quantitative estimate of drug-likeness (QED) is 0.712. The van der Waals surface area contributed by atoms with Crippen molar-refractivity contribution in [2.75, 3.05) is 19.5 Å². The summed E-state index contributed by atoms with van der Waals surface area (Å²) in [5, 5.41) is 0. The van der Waals surface area contributed by atoms with E-state index in [4.69, 9.17) is 16.3 Å². The van der Waals surface area contributed by atoms with Crippen molar-refractivity contribution >= 4 is 17.5 Å². The molecule has 2 rings (SSSR count). The highest BCUT2D eigenvalue weighted by Gasteiger charge is 2.24. The number of methoxy groups -OCH3 is 1. The number of carbonyl (C=O) groups excluding carboxylic acids is 1. The first-order valence-corrected chi connectivity index (χ1v) is 5.50. The topological polar surface area (TPSA) is 55.3 Å². The Kier molecular flexibility index (Phi) is 3.24. The maximum Gasteiger partial charge on any atom is 0.237 e. The van der Waals surface area contributed by atoms with Crippen LogP contribution in [0.4, 0.5) is 0 Å². The number of rotatable bonds is 2. The number of halogens is 1.